The van der Waals surface area contributed by atoms with Gasteiger partial charge in [0.05, 0.1) is 17.7 Å². The lowest BCUT2D eigenvalue weighted by molar-refractivity contribution is -0.272. The van der Waals surface area contributed by atoms with E-state index in [1.807, 2.05) is 42.5 Å². The first-order valence-corrected chi connectivity index (χ1v) is 13.6. The van der Waals surface area contributed by atoms with Gasteiger partial charge in [0.25, 0.3) is 0 Å². The van der Waals surface area contributed by atoms with E-state index in [2.05, 4.69) is 5.32 Å². The summed E-state index contributed by atoms with van der Waals surface area (Å²) in [5.74, 6) is -1.75. The molecule has 1 aliphatic heterocycles. The third kappa shape index (κ3) is 7.01. The van der Waals surface area contributed by atoms with Gasteiger partial charge in [0.2, 0.25) is 5.91 Å². The molecule has 0 spiro atoms. The number of aliphatic hydroxyl groups excluding tert-OH is 1. The summed E-state index contributed by atoms with van der Waals surface area (Å²) in [6.07, 6.45) is -5.02. The standard InChI is InChI=1S/C33H31NO8/c1-21(35)34-28-30(42-32(38)25-13-6-3-7-14-25)29(36)27(20-39-31(37)24-11-4-2-5-12-24)41-33(28)40-19-22-16-17-23-10-8-9-15-26(23)18-22/h2-18,27-30,33,36H,19-20H2,1H3,(H,34,35)/t27-,28-,29-,30-,33-/m1/s1. The van der Waals surface area contributed by atoms with Crippen molar-refractivity contribution in [1.29, 1.82) is 0 Å². The Kier molecular flexibility index (Phi) is 9.23. The molecule has 9 nitrogen and oxygen atoms in total. The highest BCUT2D eigenvalue weighted by Crippen LogP contribution is 2.27. The number of benzene rings is 4. The molecule has 5 atom stereocenters. The lowest BCUT2D eigenvalue weighted by atomic mass is 9.96. The Balaban J connectivity index is 1.39. The highest BCUT2D eigenvalue weighted by atomic mass is 16.7. The predicted octanol–water partition coefficient (Wildman–Crippen LogP) is 4.03. The molecule has 9 heteroatoms. The molecule has 42 heavy (non-hydrogen) atoms. The van der Waals surface area contributed by atoms with Gasteiger partial charge in [-0.25, -0.2) is 9.59 Å². The maximum absolute atomic E-state index is 13.0. The maximum Gasteiger partial charge on any atom is 0.338 e. The van der Waals surface area contributed by atoms with Gasteiger partial charge in [-0.05, 0) is 46.7 Å². The topological polar surface area (TPSA) is 120 Å². The van der Waals surface area contributed by atoms with Gasteiger partial charge in [-0.2, -0.15) is 0 Å². The molecule has 4 aromatic carbocycles. The third-order valence-corrected chi connectivity index (χ3v) is 6.91. The van der Waals surface area contributed by atoms with Crippen LogP contribution >= 0.6 is 0 Å². The zero-order valence-electron chi connectivity index (χ0n) is 22.9. The normalized spacial score (nSPS) is 21.8. The number of aliphatic hydroxyl groups is 1. The molecular weight excluding hydrogens is 538 g/mol. The number of hydrogen-bond acceptors (Lipinski definition) is 8. The van der Waals surface area contributed by atoms with Crippen LogP contribution in [0, 0.1) is 0 Å². The van der Waals surface area contributed by atoms with Crippen molar-refractivity contribution in [1.82, 2.24) is 5.32 Å². The van der Waals surface area contributed by atoms with Gasteiger partial charge in [-0.15, -0.1) is 0 Å². The van der Waals surface area contributed by atoms with Gasteiger partial charge in [0, 0.05) is 6.92 Å². The molecule has 1 aliphatic rings. The van der Waals surface area contributed by atoms with Crippen molar-refractivity contribution < 1.29 is 38.4 Å². The first-order chi connectivity index (χ1) is 20.4. The van der Waals surface area contributed by atoms with E-state index >= 15 is 0 Å². The number of amides is 1. The summed E-state index contributed by atoms with van der Waals surface area (Å²) < 4.78 is 23.4. The van der Waals surface area contributed by atoms with Crippen LogP contribution in [0.2, 0.25) is 0 Å². The average Bonchev–Trinajstić information content (AvgIpc) is 3.02. The van der Waals surface area contributed by atoms with Crippen LogP contribution in [0.5, 0.6) is 0 Å². The molecule has 1 fully saturated rings. The van der Waals surface area contributed by atoms with Crippen LogP contribution in [0.1, 0.15) is 33.2 Å². The van der Waals surface area contributed by atoms with E-state index in [-0.39, 0.29) is 18.8 Å². The number of nitrogens with one attached hydrogen (secondary N) is 1. The number of fused-ring (bicyclic) bond motifs is 1. The van der Waals surface area contributed by atoms with Crippen molar-refractivity contribution in [3.8, 4) is 0 Å². The third-order valence-electron chi connectivity index (χ3n) is 6.91. The Morgan fingerprint density at radius 1 is 0.810 bits per heavy atom. The van der Waals surface area contributed by atoms with Crippen molar-refractivity contribution in [2.45, 2.75) is 44.2 Å². The van der Waals surface area contributed by atoms with Crippen LogP contribution in [-0.2, 0) is 30.3 Å². The second-order valence-electron chi connectivity index (χ2n) is 9.95. The molecule has 216 valence electrons. The molecule has 4 aromatic rings. The molecule has 1 heterocycles. The Bertz CT molecular complexity index is 1530. The second-order valence-corrected chi connectivity index (χ2v) is 9.95. The molecule has 0 unspecified atom stereocenters. The highest BCUT2D eigenvalue weighted by molar-refractivity contribution is 5.90. The van der Waals surface area contributed by atoms with E-state index in [0.29, 0.717) is 5.56 Å². The van der Waals surface area contributed by atoms with Crippen LogP contribution in [-0.4, -0.2) is 60.2 Å². The highest BCUT2D eigenvalue weighted by Gasteiger charge is 2.49. The Labute approximate surface area is 243 Å². The molecule has 1 amide bonds. The lowest BCUT2D eigenvalue weighted by Gasteiger charge is -2.43. The first-order valence-electron chi connectivity index (χ1n) is 13.6. The van der Waals surface area contributed by atoms with Gasteiger partial charge < -0.3 is 29.4 Å². The van der Waals surface area contributed by atoms with Gasteiger partial charge in [0.1, 0.15) is 24.9 Å². The zero-order valence-corrected chi connectivity index (χ0v) is 22.9. The number of ether oxygens (including phenoxy) is 4. The van der Waals surface area contributed by atoms with E-state index in [9.17, 15) is 19.5 Å². The van der Waals surface area contributed by atoms with Gasteiger partial charge in [0.15, 0.2) is 12.4 Å². The molecule has 2 N–H and O–H groups in total. The zero-order chi connectivity index (χ0) is 29.5. The number of carbonyl (C=O) groups is 3. The van der Waals surface area contributed by atoms with Crippen LogP contribution in [0.3, 0.4) is 0 Å². The van der Waals surface area contributed by atoms with Crippen LogP contribution in [0.25, 0.3) is 10.8 Å². The summed E-state index contributed by atoms with van der Waals surface area (Å²) in [5.41, 5.74) is 1.43. The number of rotatable bonds is 9. The van der Waals surface area contributed by atoms with Crippen molar-refractivity contribution in [2.24, 2.45) is 0 Å². The predicted molar refractivity (Wildman–Crippen MR) is 153 cm³/mol. The summed E-state index contributed by atoms with van der Waals surface area (Å²) >= 11 is 0. The summed E-state index contributed by atoms with van der Waals surface area (Å²) in [6.45, 7) is 1.05. The Hall–Kier alpha value is -4.57. The van der Waals surface area contributed by atoms with E-state index < -0.39 is 48.5 Å². The van der Waals surface area contributed by atoms with E-state index in [4.69, 9.17) is 18.9 Å². The van der Waals surface area contributed by atoms with Crippen LogP contribution < -0.4 is 5.32 Å². The molecule has 0 aromatic heterocycles. The smallest absolute Gasteiger partial charge is 0.338 e. The molecule has 0 aliphatic carbocycles. The largest absolute Gasteiger partial charge is 0.459 e. The van der Waals surface area contributed by atoms with Crippen molar-refractivity contribution in [3.63, 3.8) is 0 Å². The second kappa shape index (κ2) is 13.4. The van der Waals surface area contributed by atoms with Gasteiger partial charge in [-0.1, -0.05) is 72.8 Å². The molecular formula is C33H31NO8. The number of esters is 2. The summed E-state index contributed by atoms with van der Waals surface area (Å²) in [5, 5.41) is 16.1. The Morgan fingerprint density at radius 3 is 2.10 bits per heavy atom. The van der Waals surface area contributed by atoms with Crippen molar-refractivity contribution in [3.05, 3.63) is 120 Å². The summed E-state index contributed by atoms with van der Waals surface area (Å²) in [4.78, 5) is 37.9. The summed E-state index contributed by atoms with van der Waals surface area (Å²) in [7, 11) is 0. The molecule has 0 saturated carbocycles. The van der Waals surface area contributed by atoms with Crippen LogP contribution in [0.4, 0.5) is 0 Å². The number of hydrogen-bond donors (Lipinski definition) is 2. The lowest BCUT2D eigenvalue weighted by Crippen LogP contribution is -2.65. The first kappa shape index (κ1) is 28.9. The SMILES string of the molecule is CC(=O)N[C@H]1[C@H](OCc2ccc3ccccc3c2)O[C@H](COC(=O)c2ccccc2)[C@@H](O)[C@@H]1OC(=O)c1ccccc1. The Morgan fingerprint density at radius 2 is 1.43 bits per heavy atom. The van der Waals surface area contributed by atoms with E-state index in [1.54, 1.807) is 60.7 Å². The molecule has 1 saturated heterocycles. The minimum atomic E-state index is -1.46. The maximum atomic E-state index is 13.0. The fourth-order valence-corrected chi connectivity index (χ4v) is 4.81. The van der Waals surface area contributed by atoms with E-state index in [0.717, 1.165) is 16.3 Å². The van der Waals surface area contributed by atoms with Crippen molar-refractivity contribution >= 4 is 28.6 Å². The molecule has 5 rings (SSSR count). The number of carbonyl (C=O) groups excluding carboxylic acids is 3. The monoisotopic (exact) mass is 569 g/mol. The van der Waals surface area contributed by atoms with Crippen molar-refractivity contribution in [2.75, 3.05) is 6.61 Å². The van der Waals surface area contributed by atoms with Gasteiger partial charge in [-0.3, -0.25) is 4.79 Å². The molecule has 0 radical (unpaired) electrons. The average molecular weight is 570 g/mol. The minimum Gasteiger partial charge on any atom is -0.459 e. The summed E-state index contributed by atoms with van der Waals surface area (Å²) in [6, 6.07) is 29.4. The molecule has 0 bridgehead atoms. The van der Waals surface area contributed by atoms with Crippen LogP contribution in [0.15, 0.2) is 103 Å². The minimum absolute atomic E-state index is 0.0948. The quantitative estimate of drug-likeness (QED) is 0.290. The fourth-order valence-electron chi connectivity index (χ4n) is 4.81. The fraction of sp³-hybridized carbons (Fsp3) is 0.242. The van der Waals surface area contributed by atoms with E-state index in [1.165, 1.54) is 6.92 Å². The van der Waals surface area contributed by atoms with Gasteiger partial charge >= 0.3 is 11.9 Å².